The van der Waals surface area contributed by atoms with E-state index < -0.39 is 28.0 Å². The minimum Gasteiger partial charge on any atom is -0.496 e. The number of hydrogen-bond acceptors (Lipinski definition) is 5. The third-order valence-electron chi connectivity index (χ3n) is 4.43. The predicted molar refractivity (Wildman–Crippen MR) is 114 cm³/mol. The van der Waals surface area contributed by atoms with Crippen LogP contribution >= 0.6 is 11.6 Å². The van der Waals surface area contributed by atoms with Crippen LogP contribution < -0.4 is 19.1 Å². The summed E-state index contributed by atoms with van der Waals surface area (Å²) in [7, 11) is -0.849. The second kappa shape index (κ2) is 9.37. The third kappa shape index (κ3) is 5.33. The fourth-order valence-corrected chi connectivity index (χ4v) is 4.39. The molecule has 2 unspecified atom stereocenters. The van der Waals surface area contributed by atoms with Gasteiger partial charge in [-0.05, 0) is 38.1 Å². The molecule has 0 heterocycles. The van der Waals surface area contributed by atoms with Crippen molar-refractivity contribution in [2.75, 3.05) is 24.8 Å². The van der Waals surface area contributed by atoms with Crippen molar-refractivity contribution in [3.63, 3.8) is 0 Å². The molecule has 2 aromatic carbocycles. The maximum atomic E-state index is 12.9. The first kappa shape index (κ1) is 22.8. The zero-order valence-corrected chi connectivity index (χ0v) is 18.5. The quantitative estimate of drug-likeness (QED) is 0.680. The van der Waals surface area contributed by atoms with Crippen molar-refractivity contribution >= 4 is 33.2 Å². The van der Waals surface area contributed by atoms with Crippen LogP contribution in [0, 0.1) is 0 Å². The second-order valence-electron chi connectivity index (χ2n) is 6.52. The molecule has 0 aromatic heterocycles. The number of rotatable bonds is 8. The topological polar surface area (TPSA) is 84.9 Å². The summed E-state index contributed by atoms with van der Waals surface area (Å²) in [6.45, 7) is 3.30. The first-order valence-electron chi connectivity index (χ1n) is 8.86. The van der Waals surface area contributed by atoms with E-state index in [0.717, 1.165) is 16.1 Å². The number of ether oxygens (including phenoxy) is 2. The fraction of sp³-hybridized carbons (Fsp3) is 0.350. The number of benzene rings is 2. The molecule has 2 rings (SSSR count). The molecule has 29 heavy (non-hydrogen) atoms. The zero-order chi connectivity index (χ0) is 21.8. The molecule has 0 saturated carbocycles. The Kier molecular flexibility index (Phi) is 7.37. The van der Waals surface area contributed by atoms with Crippen LogP contribution in [0.3, 0.4) is 0 Å². The lowest BCUT2D eigenvalue weighted by Crippen LogP contribution is -2.48. The van der Waals surface area contributed by atoms with Crippen molar-refractivity contribution in [3.8, 4) is 11.5 Å². The van der Waals surface area contributed by atoms with E-state index in [1.54, 1.807) is 32.2 Å². The number of nitrogens with one attached hydrogen (secondary N) is 1. The van der Waals surface area contributed by atoms with Gasteiger partial charge in [-0.3, -0.25) is 9.10 Å². The minimum atomic E-state index is -3.82. The van der Waals surface area contributed by atoms with E-state index in [1.165, 1.54) is 20.1 Å². The molecule has 0 aliphatic rings. The number of hydrogen-bond donors (Lipinski definition) is 1. The third-order valence-corrected chi connectivity index (χ3v) is 5.89. The number of sulfonamides is 1. The number of methoxy groups -OCH3 is 2. The average molecular weight is 441 g/mol. The molecular weight excluding hydrogens is 416 g/mol. The van der Waals surface area contributed by atoms with Gasteiger partial charge in [0.05, 0.1) is 32.2 Å². The molecular formula is C20H25ClN2O5S. The number of para-hydroxylation sites is 1. The number of halogens is 1. The molecule has 0 aliphatic carbocycles. The molecule has 0 spiro atoms. The summed E-state index contributed by atoms with van der Waals surface area (Å²) < 4.78 is 36.7. The van der Waals surface area contributed by atoms with Crippen LogP contribution in [0.15, 0.2) is 42.5 Å². The van der Waals surface area contributed by atoms with Gasteiger partial charge in [-0.1, -0.05) is 29.8 Å². The Labute approximate surface area is 176 Å². The van der Waals surface area contributed by atoms with Crippen molar-refractivity contribution < 1.29 is 22.7 Å². The predicted octanol–water partition coefficient (Wildman–Crippen LogP) is 3.39. The summed E-state index contributed by atoms with van der Waals surface area (Å²) in [5.41, 5.74) is 0.969. The monoisotopic (exact) mass is 440 g/mol. The van der Waals surface area contributed by atoms with Gasteiger partial charge >= 0.3 is 0 Å². The summed E-state index contributed by atoms with van der Waals surface area (Å²) >= 11 is 6.06. The Morgan fingerprint density at radius 3 is 2.28 bits per heavy atom. The molecule has 0 aliphatic heterocycles. The van der Waals surface area contributed by atoms with Crippen molar-refractivity contribution in [1.29, 1.82) is 0 Å². The van der Waals surface area contributed by atoms with E-state index in [-0.39, 0.29) is 11.4 Å². The molecule has 9 heteroatoms. The van der Waals surface area contributed by atoms with Gasteiger partial charge in [0.1, 0.15) is 17.5 Å². The van der Waals surface area contributed by atoms with E-state index in [4.69, 9.17) is 21.1 Å². The minimum absolute atomic E-state index is 0.190. The van der Waals surface area contributed by atoms with E-state index in [9.17, 15) is 13.2 Å². The van der Waals surface area contributed by atoms with Crippen LogP contribution in [0.25, 0.3) is 0 Å². The number of amides is 1. The second-order valence-corrected chi connectivity index (χ2v) is 8.82. The van der Waals surface area contributed by atoms with Gasteiger partial charge in [0.15, 0.2) is 0 Å². The van der Waals surface area contributed by atoms with E-state index in [0.29, 0.717) is 10.8 Å². The van der Waals surface area contributed by atoms with E-state index in [1.807, 2.05) is 18.2 Å². The molecule has 7 nitrogen and oxygen atoms in total. The molecule has 2 atom stereocenters. The molecule has 0 fully saturated rings. The first-order valence-corrected chi connectivity index (χ1v) is 11.1. The van der Waals surface area contributed by atoms with Gasteiger partial charge in [-0.15, -0.1) is 0 Å². The summed E-state index contributed by atoms with van der Waals surface area (Å²) in [5, 5.41) is 3.17. The largest absolute Gasteiger partial charge is 0.496 e. The summed E-state index contributed by atoms with van der Waals surface area (Å²) in [5.74, 6) is 0.442. The molecule has 2 aromatic rings. The summed E-state index contributed by atoms with van der Waals surface area (Å²) in [6, 6.07) is 10.4. The maximum absolute atomic E-state index is 12.9. The molecule has 1 amide bonds. The molecule has 0 saturated heterocycles. The van der Waals surface area contributed by atoms with Crippen LogP contribution in [0.5, 0.6) is 11.5 Å². The number of anilines is 1. The molecule has 158 valence electrons. The number of carbonyl (C=O) groups is 1. The lowest BCUT2D eigenvalue weighted by Gasteiger charge is -2.30. The van der Waals surface area contributed by atoms with Gasteiger partial charge in [0.25, 0.3) is 0 Å². The average Bonchev–Trinajstić information content (AvgIpc) is 2.67. The summed E-state index contributed by atoms with van der Waals surface area (Å²) in [6.07, 6.45) is 1.03. The van der Waals surface area contributed by atoms with Crippen molar-refractivity contribution in [3.05, 3.63) is 53.1 Å². The van der Waals surface area contributed by atoms with E-state index >= 15 is 0 Å². The summed E-state index contributed by atoms with van der Waals surface area (Å²) in [4.78, 5) is 12.9. The highest BCUT2D eigenvalue weighted by atomic mass is 35.5. The molecule has 0 radical (unpaired) electrons. The lowest BCUT2D eigenvalue weighted by atomic mass is 10.1. The van der Waals surface area contributed by atoms with Gasteiger partial charge in [0.2, 0.25) is 15.9 Å². The van der Waals surface area contributed by atoms with Crippen LogP contribution in [0.4, 0.5) is 5.69 Å². The molecule has 0 bridgehead atoms. The highest BCUT2D eigenvalue weighted by Gasteiger charge is 2.32. The van der Waals surface area contributed by atoms with Crippen molar-refractivity contribution in [2.45, 2.75) is 25.9 Å². The Morgan fingerprint density at radius 1 is 1.07 bits per heavy atom. The van der Waals surface area contributed by atoms with Gasteiger partial charge in [-0.2, -0.15) is 0 Å². The lowest BCUT2D eigenvalue weighted by molar-refractivity contribution is -0.122. The fourth-order valence-electron chi connectivity index (χ4n) is 3.05. The van der Waals surface area contributed by atoms with Gasteiger partial charge in [-0.25, -0.2) is 8.42 Å². The Balaban J connectivity index is 2.36. The SMILES string of the molecule is COc1ccccc1C(C)NC(=O)C(C)N(c1cc(Cl)ccc1OC)S(C)(=O)=O. The van der Waals surface area contributed by atoms with Crippen LogP contribution in [0.2, 0.25) is 5.02 Å². The van der Waals surface area contributed by atoms with Crippen LogP contribution in [-0.4, -0.2) is 40.8 Å². The highest BCUT2D eigenvalue weighted by Crippen LogP contribution is 2.34. The van der Waals surface area contributed by atoms with Crippen LogP contribution in [0.1, 0.15) is 25.5 Å². The van der Waals surface area contributed by atoms with Gasteiger partial charge < -0.3 is 14.8 Å². The Morgan fingerprint density at radius 2 is 1.69 bits per heavy atom. The smallest absolute Gasteiger partial charge is 0.244 e. The van der Waals surface area contributed by atoms with Crippen molar-refractivity contribution in [1.82, 2.24) is 5.32 Å². The maximum Gasteiger partial charge on any atom is 0.244 e. The highest BCUT2D eigenvalue weighted by molar-refractivity contribution is 7.92. The number of nitrogens with zero attached hydrogens (tertiary/aromatic N) is 1. The Hall–Kier alpha value is -2.45. The zero-order valence-electron chi connectivity index (χ0n) is 17.0. The first-order chi connectivity index (χ1) is 13.6. The number of carbonyl (C=O) groups excluding carboxylic acids is 1. The normalized spacial score (nSPS) is 13.3. The van der Waals surface area contributed by atoms with Gasteiger partial charge in [0, 0.05) is 10.6 Å². The Bertz CT molecular complexity index is 981. The van der Waals surface area contributed by atoms with E-state index in [2.05, 4.69) is 5.32 Å². The van der Waals surface area contributed by atoms with Crippen molar-refractivity contribution in [2.24, 2.45) is 0 Å². The van der Waals surface area contributed by atoms with Crippen LogP contribution in [-0.2, 0) is 14.8 Å². The standard InChI is InChI=1S/C20H25ClN2O5S/c1-13(16-8-6-7-9-18(16)27-3)22-20(24)14(2)23(29(5,25)26)17-12-15(21)10-11-19(17)28-4/h6-14H,1-5H3,(H,22,24). The molecule has 1 N–H and O–H groups in total.